The lowest BCUT2D eigenvalue weighted by molar-refractivity contribution is -0.118. The summed E-state index contributed by atoms with van der Waals surface area (Å²) in [4.78, 5) is 29.4. The van der Waals surface area contributed by atoms with E-state index in [-0.39, 0.29) is 17.3 Å². The highest BCUT2D eigenvalue weighted by Gasteiger charge is 2.21. The lowest BCUT2D eigenvalue weighted by Crippen LogP contribution is -2.31. The van der Waals surface area contributed by atoms with E-state index in [0.29, 0.717) is 18.1 Å². The van der Waals surface area contributed by atoms with Crippen LogP contribution in [0.2, 0.25) is 0 Å². The van der Waals surface area contributed by atoms with Crippen LogP contribution in [0.1, 0.15) is 35.4 Å². The highest BCUT2D eigenvalue weighted by molar-refractivity contribution is 7.99. The van der Waals surface area contributed by atoms with Crippen molar-refractivity contribution in [1.29, 1.82) is 0 Å². The van der Waals surface area contributed by atoms with Gasteiger partial charge in [-0.2, -0.15) is 4.98 Å². The summed E-state index contributed by atoms with van der Waals surface area (Å²) in [5, 5.41) is 3.59. The summed E-state index contributed by atoms with van der Waals surface area (Å²) in [5.74, 6) is 1.60. The second-order valence-corrected chi connectivity index (χ2v) is 8.38. The predicted molar refractivity (Wildman–Crippen MR) is 119 cm³/mol. The van der Waals surface area contributed by atoms with E-state index in [4.69, 9.17) is 9.15 Å². The maximum absolute atomic E-state index is 12.7. The molecule has 0 saturated heterocycles. The molecular formula is C23H25N3O4S. The average Bonchev–Trinajstić information content (AvgIpc) is 3.32. The Kier molecular flexibility index (Phi) is 6.76. The number of methoxy groups -OCH3 is 1. The lowest BCUT2D eigenvalue weighted by Gasteiger charge is -2.22. The highest BCUT2D eigenvalue weighted by Crippen LogP contribution is 2.28. The van der Waals surface area contributed by atoms with Gasteiger partial charge in [0.2, 0.25) is 5.91 Å². The Balaban J connectivity index is 1.44. The van der Waals surface area contributed by atoms with Crippen LogP contribution in [0.4, 0.5) is 0 Å². The van der Waals surface area contributed by atoms with E-state index >= 15 is 0 Å². The zero-order valence-corrected chi connectivity index (χ0v) is 18.2. The molecule has 8 heteroatoms. The lowest BCUT2D eigenvalue weighted by atomic mass is 9.97. The number of amides is 1. The van der Waals surface area contributed by atoms with Crippen molar-refractivity contribution in [2.45, 2.75) is 43.8 Å². The van der Waals surface area contributed by atoms with Crippen LogP contribution in [0, 0.1) is 0 Å². The molecule has 1 aliphatic rings. The van der Waals surface area contributed by atoms with Crippen molar-refractivity contribution < 1.29 is 13.9 Å². The molecule has 0 spiro atoms. The fourth-order valence-corrected chi connectivity index (χ4v) is 4.66. The number of hydrogen-bond donors (Lipinski definition) is 1. The molecule has 3 aromatic rings. The van der Waals surface area contributed by atoms with Gasteiger partial charge < -0.3 is 14.5 Å². The van der Waals surface area contributed by atoms with Crippen molar-refractivity contribution >= 4 is 17.7 Å². The van der Waals surface area contributed by atoms with Gasteiger partial charge in [0.05, 0.1) is 25.7 Å². The van der Waals surface area contributed by atoms with Crippen molar-refractivity contribution in [2.75, 3.05) is 12.9 Å². The van der Waals surface area contributed by atoms with Gasteiger partial charge >= 0.3 is 5.69 Å². The Morgan fingerprint density at radius 3 is 2.94 bits per heavy atom. The molecule has 2 aromatic heterocycles. The zero-order chi connectivity index (χ0) is 21.6. The topological polar surface area (TPSA) is 86.4 Å². The van der Waals surface area contributed by atoms with E-state index in [0.717, 1.165) is 54.0 Å². The molecule has 7 nitrogen and oxygen atoms in total. The molecular weight excluding hydrogens is 414 g/mol. The van der Waals surface area contributed by atoms with Gasteiger partial charge in [0.1, 0.15) is 16.5 Å². The third-order valence-corrected chi connectivity index (χ3v) is 6.33. The molecule has 0 atom stereocenters. The Morgan fingerprint density at radius 1 is 1.26 bits per heavy atom. The second kappa shape index (κ2) is 9.87. The van der Waals surface area contributed by atoms with Crippen LogP contribution in [-0.4, -0.2) is 28.3 Å². The van der Waals surface area contributed by atoms with Crippen molar-refractivity contribution in [2.24, 2.45) is 0 Å². The number of thioether (sulfide) groups is 1. The van der Waals surface area contributed by atoms with Crippen molar-refractivity contribution in [3.05, 3.63) is 75.7 Å². The van der Waals surface area contributed by atoms with Gasteiger partial charge in [-0.25, -0.2) is 4.79 Å². The fourth-order valence-electron chi connectivity index (χ4n) is 3.76. The Hall–Kier alpha value is -3.00. The quantitative estimate of drug-likeness (QED) is 0.429. The number of nitrogens with one attached hydrogen (secondary N) is 1. The first kappa shape index (κ1) is 21.2. The Bertz CT molecular complexity index is 1110. The molecule has 0 unspecified atom stereocenters. The van der Waals surface area contributed by atoms with Crippen LogP contribution in [0.25, 0.3) is 0 Å². The van der Waals surface area contributed by atoms with Crippen molar-refractivity contribution in [3.63, 3.8) is 0 Å². The SMILES string of the molecule is COc1cccc(CNC(=O)CSc2nc(=O)n(Cc3ccco3)c3c2CCCC3)c1. The predicted octanol–water partition coefficient (Wildman–Crippen LogP) is 3.18. The molecule has 31 heavy (non-hydrogen) atoms. The maximum atomic E-state index is 12.7. The van der Waals surface area contributed by atoms with Gasteiger partial charge in [0.15, 0.2) is 0 Å². The molecule has 1 aliphatic carbocycles. The zero-order valence-electron chi connectivity index (χ0n) is 17.4. The minimum Gasteiger partial charge on any atom is -0.497 e. The second-order valence-electron chi connectivity index (χ2n) is 7.41. The summed E-state index contributed by atoms with van der Waals surface area (Å²) >= 11 is 1.33. The van der Waals surface area contributed by atoms with Gasteiger partial charge in [0, 0.05) is 17.8 Å². The smallest absolute Gasteiger partial charge is 0.349 e. The maximum Gasteiger partial charge on any atom is 0.349 e. The number of benzene rings is 1. The van der Waals surface area contributed by atoms with E-state index in [1.807, 2.05) is 36.4 Å². The summed E-state index contributed by atoms with van der Waals surface area (Å²) in [6, 6.07) is 11.3. The number of ether oxygens (including phenoxy) is 1. The number of hydrogen-bond acceptors (Lipinski definition) is 6. The van der Waals surface area contributed by atoms with Crippen LogP contribution in [0.3, 0.4) is 0 Å². The Morgan fingerprint density at radius 2 is 2.13 bits per heavy atom. The first-order valence-corrected chi connectivity index (χ1v) is 11.3. The van der Waals surface area contributed by atoms with Crippen molar-refractivity contribution in [1.82, 2.24) is 14.9 Å². The first-order chi connectivity index (χ1) is 15.1. The third-order valence-electron chi connectivity index (χ3n) is 5.31. The molecule has 162 valence electrons. The minimum absolute atomic E-state index is 0.0982. The number of carbonyl (C=O) groups excluding carboxylic acids is 1. The number of furan rings is 1. The number of rotatable bonds is 8. The third kappa shape index (κ3) is 5.19. The van der Waals surface area contributed by atoms with Gasteiger partial charge in [-0.3, -0.25) is 9.36 Å². The molecule has 0 saturated carbocycles. The molecule has 0 radical (unpaired) electrons. The van der Waals surface area contributed by atoms with Gasteiger partial charge in [0.25, 0.3) is 0 Å². The summed E-state index contributed by atoms with van der Waals surface area (Å²) in [6.45, 7) is 0.806. The first-order valence-electron chi connectivity index (χ1n) is 10.3. The van der Waals surface area contributed by atoms with Gasteiger partial charge in [-0.15, -0.1) is 0 Å². The van der Waals surface area contributed by atoms with Crippen LogP contribution >= 0.6 is 11.8 Å². The fraction of sp³-hybridized carbons (Fsp3) is 0.348. The van der Waals surface area contributed by atoms with Crippen molar-refractivity contribution in [3.8, 4) is 5.75 Å². The highest BCUT2D eigenvalue weighted by atomic mass is 32.2. The molecule has 2 heterocycles. The summed E-state index contributed by atoms with van der Waals surface area (Å²) < 4.78 is 12.3. The number of aromatic nitrogens is 2. The summed E-state index contributed by atoms with van der Waals surface area (Å²) in [7, 11) is 1.62. The van der Waals surface area contributed by atoms with Gasteiger partial charge in [-0.1, -0.05) is 23.9 Å². The Labute approximate surface area is 184 Å². The van der Waals surface area contributed by atoms with E-state index in [1.165, 1.54) is 11.8 Å². The molecule has 1 N–H and O–H groups in total. The minimum atomic E-state index is -0.295. The molecule has 4 rings (SSSR count). The summed E-state index contributed by atoms with van der Waals surface area (Å²) in [6.07, 6.45) is 5.41. The number of fused-ring (bicyclic) bond motifs is 1. The van der Waals surface area contributed by atoms with Crippen LogP contribution in [0.5, 0.6) is 5.75 Å². The van der Waals surface area contributed by atoms with Gasteiger partial charge in [-0.05, 0) is 55.5 Å². The monoisotopic (exact) mass is 439 g/mol. The molecule has 1 amide bonds. The molecule has 0 bridgehead atoms. The molecule has 0 aliphatic heterocycles. The number of nitrogens with zero attached hydrogens (tertiary/aromatic N) is 2. The van der Waals surface area contributed by atoms with Crippen LogP contribution < -0.4 is 15.7 Å². The summed E-state index contributed by atoms with van der Waals surface area (Å²) in [5.41, 5.74) is 2.77. The van der Waals surface area contributed by atoms with E-state index < -0.39 is 0 Å². The largest absolute Gasteiger partial charge is 0.497 e. The average molecular weight is 440 g/mol. The van der Waals surface area contributed by atoms with Crippen LogP contribution in [-0.2, 0) is 30.7 Å². The van der Waals surface area contributed by atoms with Crippen LogP contribution in [0.15, 0.2) is 56.9 Å². The number of carbonyl (C=O) groups is 1. The van der Waals surface area contributed by atoms with E-state index in [2.05, 4.69) is 10.3 Å². The van der Waals surface area contributed by atoms with E-state index in [1.54, 1.807) is 17.9 Å². The standard InChI is InChI=1S/C23H25N3O4S/c1-29-17-7-4-6-16(12-17)13-24-21(27)15-31-22-19-9-2-3-10-20(19)26(23(28)25-22)14-18-8-5-11-30-18/h4-8,11-12H,2-3,9-10,13-15H2,1H3,(H,24,27). The normalized spacial score (nSPS) is 12.9. The van der Waals surface area contributed by atoms with E-state index in [9.17, 15) is 9.59 Å². The molecule has 0 fully saturated rings. The molecule has 1 aromatic carbocycles.